The third-order valence-corrected chi connectivity index (χ3v) is 9.78. The molecule has 2 fully saturated rings. The number of benzene rings is 1. The SMILES string of the molecule is CC(C)(C)c1cc(CCC(=O)N(Cc2cccs2)C2(C(=O)NC3CCCC3)CCCCC2)cc(C(C)(C)C)c1O. The number of carbonyl (C=O) groups excluding carboxylic acids is 2. The number of phenolic OH excluding ortho intramolecular Hbond substituents is 1. The third kappa shape index (κ3) is 6.92. The first-order valence-corrected chi connectivity index (χ1v) is 16.2. The zero-order chi connectivity index (χ0) is 29.1. The predicted octanol–water partition coefficient (Wildman–Crippen LogP) is 7.77. The van der Waals surface area contributed by atoms with E-state index in [1.54, 1.807) is 11.3 Å². The molecule has 4 rings (SSSR count). The molecule has 2 aliphatic carbocycles. The van der Waals surface area contributed by atoms with Gasteiger partial charge in [0.2, 0.25) is 11.8 Å². The average Bonchev–Trinajstić information content (AvgIpc) is 3.60. The van der Waals surface area contributed by atoms with Gasteiger partial charge in [-0.25, -0.2) is 0 Å². The molecule has 0 bridgehead atoms. The molecule has 1 heterocycles. The third-order valence-electron chi connectivity index (χ3n) is 8.92. The Labute approximate surface area is 245 Å². The number of aryl methyl sites for hydroxylation is 1. The Morgan fingerprint density at radius 1 is 0.975 bits per heavy atom. The zero-order valence-electron chi connectivity index (χ0n) is 25.6. The van der Waals surface area contributed by atoms with E-state index < -0.39 is 5.54 Å². The summed E-state index contributed by atoms with van der Waals surface area (Å²) in [6, 6.07) is 8.47. The Morgan fingerprint density at radius 3 is 2.10 bits per heavy atom. The Hall–Kier alpha value is -2.34. The highest BCUT2D eigenvalue weighted by Crippen LogP contribution is 2.41. The van der Waals surface area contributed by atoms with Gasteiger partial charge in [0.15, 0.2) is 0 Å². The smallest absolute Gasteiger partial charge is 0.246 e. The minimum absolute atomic E-state index is 0.0413. The number of amides is 2. The molecule has 220 valence electrons. The Bertz CT molecular complexity index is 1130. The van der Waals surface area contributed by atoms with E-state index in [2.05, 4.69) is 65.1 Å². The molecule has 2 N–H and O–H groups in total. The second kappa shape index (κ2) is 12.3. The lowest BCUT2D eigenvalue weighted by Gasteiger charge is -2.45. The molecular formula is C34H50N2O3S. The first-order chi connectivity index (χ1) is 18.8. The van der Waals surface area contributed by atoms with Crippen molar-refractivity contribution in [3.8, 4) is 5.75 Å². The maximum absolute atomic E-state index is 14.2. The maximum Gasteiger partial charge on any atom is 0.246 e. The van der Waals surface area contributed by atoms with Gasteiger partial charge in [0.05, 0.1) is 6.54 Å². The molecule has 5 nitrogen and oxygen atoms in total. The summed E-state index contributed by atoms with van der Waals surface area (Å²) in [6.07, 6.45) is 9.80. The molecule has 0 radical (unpaired) electrons. The van der Waals surface area contributed by atoms with Gasteiger partial charge < -0.3 is 15.3 Å². The van der Waals surface area contributed by atoms with Crippen LogP contribution in [-0.4, -0.2) is 33.4 Å². The average molecular weight is 567 g/mol. The molecule has 2 aromatic rings. The Balaban J connectivity index is 1.64. The highest BCUT2D eigenvalue weighted by molar-refractivity contribution is 7.09. The van der Waals surface area contributed by atoms with Gasteiger partial charge in [-0.1, -0.05) is 91.8 Å². The van der Waals surface area contributed by atoms with Crippen LogP contribution in [0, 0.1) is 0 Å². The first kappa shape index (κ1) is 30.6. The molecule has 0 aliphatic heterocycles. The van der Waals surface area contributed by atoms with Gasteiger partial charge in [0.1, 0.15) is 11.3 Å². The number of rotatable bonds is 8. The maximum atomic E-state index is 14.2. The van der Waals surface area contributed by atoms with Gasteiger partial charge in [-0.2, -0.15) is 0 Å². The van der Waals surface area contributed by atoms with Gasteiger partial charge in [0.25, 0.3) is 0 Å². The van der Waals surface area contributed by atoms with Crippen LogP contribution in [0.2, 0.25) is 0 Å². The summed E-state index contributed by atoms with van der Waals surface area (Å²) in [5, 5.41) is 16.6. The van der Waals surface area contributed by atoms with E-state index in [0.29, 0.717) is 25.1 Å². The van der Waals surface area contributed by atoms with Gasteiger partial charge in [-0.15, -0.1) is 11.3 Å². The lowest BCUT2D eigenvalue weighted by atomic mass is 9.77. The summed E-state index contributed by atoms with van der Waals surface area (Å²) in [6.45, 7) is 13.2. The predicted molar refractivity (Wildman–Crippen MR) is 165 cm³/mol. The minimum Gasteiger partial charge on any atom is -0.507 e. The van der Waals surface area contributed by atoms with Crippen molar-refractivity contribution in [1.29, 1.82) is 0 Å². The van der Waals surface area contributed by atoms with Crippen molar-refractivity contribution in [3.05, 3.63) is 51.2 Å². The quantitative estimate of drug-likeness (QED) is 0.343. The van der Waals surface area contributed by atoms with Crippen LogP contribution < -0.4 is 5.32 Å². The molecule has 40 heavy (non-hydrogen) atoms. The van der Waals surface area contributed by atoms with E-state index in [1.165, 1.54) is 0 Å². The molecule has 6 heteroatoms. The highest BCUT2D eigenvalue weighted by atomic mass is 32.1. The second-order valence-corrected chi connectivity index (χ2v) is 15.2. The van der Waals surface area contributed by atoms with Crippen molar-refractivity contribution in [3.63, 3.8) is 0 Å². The molecule has 2 amide bonds. The van der Waals surface area contributed by atoms with Crippen LogP contribution in [0.15, 0.2) is 29.6 Å². The zero-order valence-corrected chi connectivity index (χ0v) is 26.4. The number of aromatic hydroxyl groups is 1. The molecule has 0 saturated heterocycles. The van der Waals surface area contributed by atoms with Gasteiger partial charge in [0, 0.05) is 17.3 Å². The van der Waals surface area contributed by atoms with Crippen LogP contribution in [0.3, 0.4) is 0 Å². The van der Waals surface area contributed by atoms with E-state index in [9.17, 15) is 14.7 Å². The van der Waals surface area contributed by atoms with E-state index >= 15 is 0 Å². The van der Waals surface area contributed by atoms with E-state index in [1.807, 2.05) is 16.3 Å². The van der Waals surface area contributed by atoms with Crippen molar-refractivity contribution >= 4 is 23.2 Å². The number of nitrogens with one attached hydrogen (secondary N) is 1. The molecular weight excluding hydrogens is 516 g/mol. The molecule has 0 spiro atoms. The van der Waals surface area contributed by atoms with E-state index in [4.69, 9.17) is 0 Å². The number of hydrogen-bond donors (Lipinski definition) is 2. The Morgan fingerprint density at radius 2 is 1.57 bits per heavy atom. The monoisotopic (exact) mass is 566 g/mol. The molecule has 2 saturated carbocycles. The number of thiophene rings is 1. The first-order valence-electron chi connectivity index (χ1n) is 15.3. The number of carbonyl (C=O) groups is 2. The standard InChI is InChI=1S/C34H50N2O3S/c1-32(2,3)27-21-24(22-28(30(27)38)33(4,5)6)16-17-29(37)36(23-26-15-12-20-40-26)34(18-10-7-11-19-34)31(39)35-25-13-8-9-14-25/h12,15,20-22,25,38H,7-11,13-14,16-19,23H2,1-6H3,(H,35,39). The molecule has 1 aromatic carbocycles. The van der Waals surface area contributed by atoms with Crippen molar-refractivity contribution in [1.82, 2.24) is 10.2 Å². The largest absolute Gasteiger partial charge is 0.507 e. The topological polar surface area (TPSA) is 69.6 Å². The highest BCUT2D eigenvalue weighted by Gasteiger charge is 2.47. The van der Waals surface area contributed by atoms with Crippen LogP contribution in [0.5, 0.6) is 5.75 Å². The number of hydrogen-bond acceptors (Lipinski definition) is 4. The normalized spacial score (nSPS) is 18.1. The van der Waals surface area contributed by atoms with Crippen LogP contribution in [0.25, 0.3) is 0 Å². The van der Waals surface area contributed by atoms with Gasteiger partial charge in [-0.05, 0) is 71.1 Å². The fraction of sp³-hybridized carbons (Fsp3) is 0.647. The lowest BCUT2D eigenvalue weighted by molar-refractivity contribution is -0.151. The minimum atomic E-state index is -0.788. The Kier molecular flexibility index (Phi) is 9.38. The lowest BCUT2D eigenvalue weighted by Crippen LogP contribution is -2.62. The van der Waals surface area contributed by atoms with E-state index in [-0.39, 0.29) is 28.7 Å². The van der Waals surface area contributed by atoms with E-state index in [0.717, 1.165) is 79.4 Å². The summed E-state index contributed by atoms with van der Waals surface area (Å²) in [4.78, 5) is 31.3. The summed E-state index contributed by atoms with van der Waals surface area (Å²) in [5.74, 6) is 0.456. The van der Waals surface area contributed by atoms with Gasteiger partial charge >= 0.3 is 0 Å². The number of nitrogens with zero attached hydrogens (tertiary/aromatic N) is 1. The molecule has 2 aliphatic rings. The molecule has 0 atom stereocenters. The van der Waals surface area contributed by atoms with Crippen molar-refractivity contribution in [2.75, 3.05) is 0 Å². The van der Waals surface area contributed by atoms with Crippen molar-refractivity contribution < 1.29 is 14.7 Å². The molecule has 1 aromatic heterocycles. The second-order valence-electron chi connectivity index (χ2n) is 14.1. The van der Waals surface area contributed by atoms with Crippen molar-refractivity contribution in [2.45, 2.75) is 141 Å². The summed E-state index contributed by atoms with van der Waals surface area (Å²) in [7, 11) is 0. The fourth-order valence-electron chi connectivity index (χ4n) is 6.55. The fourth-order valence-corrected chi connectivity index (χ4v) is 7.24. The summed E-state index contributed by atoms with van der Waals surface area (Å²) >= 11 is 1.65. The summed E-state index contributed by atoms with van der Waals surface area (Å²) in [5.41, 5.74) is 1.66. The van der Waals surface area contributed by atoms with Crippen molar-refractivity contribution in [2.24, 2.45) is 0 Å². The summed E-state index contributed by atoms with van der Waals surface area (Å²) < 4.78 is 0. The number of phenols is 1. The van der Waals surface area contributed by atoms with Crippen LogP contribution in [0.1, 0.15) is 127 Å². The van der Waals surface area contributed by atoms with Crippen LogP contribution in [-0.2, 0) is 33.4 Å². The van der Waals surface area contributed by atoms with Crippen LogP contribution >= 0.6 is 11.3 Å². The van der Waals surface area contributed by atoms with Crippen LogP contribution in [0.4, 0.5) is 0 Å². The van der Waals surface area contributed by atoms with Gasteiger partial charge in [-0.3, -0.25) is 9.59 Å². The molecule has 0 unspecified atom stereocenters.